The molecular formula is C8H6FNO. The van der Waals surface area contributed by atoms with Gasteiger partial charge in [-0.25, -0.2) is 4.39 Å². The maximum absolute atomic E-state index is 12.7. The van der Waals surface area contributed by atoms with E-state index in [2.05, 4.69) is 0 Å². The first-order chi connectivity index (χ1) is 5.15. The molecule has 0 aliphatic heterocycles. The fourth-order valence-corrected chi connectivity index (χ4v) is 0.815. The van der Waals surface area contributed by atoms with E-state index in [0.29, 0.717) is 0 Å². The lowest BCUT2D eigenvalue weighted by Crippen LogP contribution is -1.84. The zero-order valence-electron chi connectivity index (χ0n) is 5.93. The summed E-state index contributed by atoms with van der Waals surface area (Å²) < 4.78 is 12.7. The molecule has 0 heterocycles. The Balaban J connectivity index is 3.35. The SMILES string of the molecule is Cc1cc(C#N)cc(O)c1F. The second-order valence-electron chi connectivity index (χ2n) is 2.24. The second kappa shape index (κ2) is 2.59. The highest BCUT2D eigenvalue weighted by atomic mass is 19.1. The first-order valence-electron chi connectivity index (χ1n) is 3.04. The monoisotopic (exact) mass is 151 g/mol. The number of nitrogens with zero attached hydrogens (tertiary/aromatic N) is 1. The van der Waals surface area contributed by atoms with Crippen LogP contribution in [-0.2, 0) is 0 Å². The van der Waals surface area contributed by atoms with Gasteiger partial charge in [-0.2, -0.15) is 5.26 Å². The van der Waals surface area contributed by atoms with E-state index in [1.54, 1.807) is 0 Å². The molecule has 0 bridgehead atoms. The van der Waals surface area contributed by atoms with Gasteiger partial charge in [-0.15, -0.1) is 0 Å². The lowest BCUT2D eigenvalue weighted by molar-refractivity contribution is 0.430. The van der Waals surface area contributed by atoms with Gasteiger partial charge in [0.25, 0.3) is 0 Å². The van der Waals surface area contributed by atoms with Crippen molar-refractivity contribution in [1.29, 1.82) is 5.26 Å². The number of benzene rings is 1. The molecule has 0 aliphatic carbocycles. The molecule has 1 rings (SSSR count). The van der Waals surface area contributed by atoms with E-state index in [4.69, 9.17) is 10.4 Å². The van der Waals surface area contributed by atoms with Crippen LogP contribution in [0.5, 0.6) is 5.75 Å². The second-order valence-corrected chi connectivity index (χ2v) is 2.24. The quantitative estimate of drug-likeness (QED) is 0.613. The molecule has 1 N–H and O–H groups in total. The lowest BCUT2D eigenvalue weighted by Gasteiger charge is -1.98. The summed E-state index contributed by atoms with van der Waals surface area (Å²) in [6, 6.07) is 4.29. The van der Waals surface area contributed by atoms with Crippen molar-refractivity contribution >= 4 is 0 Å². The molecule has 0 fully saturated rings. The summed E-state index contributed by atoms with van der Waals surface area (Å²) in [5.74, 6) is -1.13. The van der Waals surface area contributed by atoms with Crippen LogP contribution in [0.2, 0.25) is 0 Å². The van der Waals surface area contributed by atoms with E-state index in [0.717, 1.165) is 6.07 Å². The number of aryl methyl sites for hydroxylation is 1. The maximum Gasteiger partial charge on any atom is 0.167 e. The molecule has 11 heavy (non-hydrogen) atoms. The fourth-order valence-electron chi connectivity index (χ4n) is 0.815. The van der Waals surface area contributed by atoms with Crippen LogP contribution < -0.4 is 0 Å². The van der Waals surface area contributed by atoms with Gasteiger partial charge in [-0.05, 0) is 18.6 Å². The van der Waals surface area contributed by atoms with Gasteiger partial charge in [0.05, 0.1) is 11.6 Å². The third kappa shape index (κ3) is 1.30. The third-order valence-electron chi connectivity index (χ3n) is 1.36. The lowest BCUT2D eigenvalue weighted by atomic mass is 10.1. The zero-order valence-corrected chi connectivity index (χ0v) is 5.93. The van der Waals surface area contributed by atoms with Gasteiger partial charge in [0.2, 0.25) is 0 Å². The summed E-state index contributed by atoms with van der Waals surface area (Å²) in [4.78, 5) is 0. The summed E-state index contributed by atoms with van der Waals surface area (Å²) in [7, 11) is 0. The molecule has 2 nitrogen and oxygen atoms in total. The van der Waals surface area contributed by atoms with Crippen molar-refractivity contribution < 1.29 is 9.50 Å². The predicted octanol–water partition coefficient (Wildman–Crippen LogP) is 1.71. The van der Waals surface area contributed by atoms with E-state index in [1.807, 2.05) is 6.07 Å². The van der Waals surface area contributed by atoms with Gasteiger partial charge in [0.15, 0.2) is 11.6 Å². The first-order valence-corrected chi connectivity index (χ1v) is 3.04. The third-order valence-corrected chi connectivity index (χ3v) is 1.36. The van der Waals surface area contributed by atoms with Crippen molar-refractivity contribution in [2.24, 2.45) is 0 Å². The van der Waals surface area contributed by atoms with Gasteiger partial charge >= 0.3 is 0 Å². The van der Waals surface area contributed by atoms with Gasteiger partial charge < -0.3 is 5.11 Å². The summed E-state index contributed by atoms with van der Waals surface area (Å²) >= 11 is 0. The molecule has 0 saturated heterocycles. The average Bonchev–Trinajstić information content (AvgIpc) is 1.99. The Hall–Kier alpha value is -1.56. The summed E-state index contributed by atoms with van der Waals surface area (Å²) in [6.45, 7) is 1.50. The van der Waals surface area contributed by atoms with Crippen LogP contribution in [0.4, 0.5) is 4.39 Å². The van der Waals surface area contributed by atoms with Crippen LogP contribution >= 0.6 is 0 Å². The van der Waals surface area contributed by atoms with Crippen molar-refractivity contribution in [2.45, 2.75) is 6.92 Å². The largest absolute Gasteiger partial charge is 0.505 e. The maximum atomic E-state index is 12.7. The van der Waals surface area contributed by atoms with Gasteiger partial charge in [0.1, 0.15) is 0 Å². The van der Waals surface area contributed by atoms with Crippen molar-refractivity contribution in [1.82, 2.24) is 0 Å². The molecule has 0 aromatic heterocycles. The van der Waals surface area contributed by atoms with E-state index >= 15 is 0 Å². The topological polar surface area (TPSA) is 44.0 Å². The van der Waals surface area contributed by atoms with Crippen molar-refractivity contribution in [3.63, 3.8) is 0 Å². The molecule has 0 saturated carbocycles. The van der Waals surface area contributed by atoms with Crippen molar-refractivity contribution in [2.75, 3.05) is 0 Å². The Bertz CT molecular complexity index is 304. The van der Waals surface area contributed by atoms with Crippen LogP contribution in [0.15, 0.2) is 12.1 Å². The molecule has 1 aromatic rings. The highest BCUT2D eigenvalue weighted by Crippen LogP contribution is 2.20. The van der Waals surface area contributed by atoms with Gasteiger partial charge in [-0.3, -0.25) is 0 Å². The summed E-state index contributed by atoms with van der Waals surface area (Å²) in [5.41, 5.74) is 0.544. The molecule has 0 amide bonds. The first kappa shape index (κ1) is 7.55. The van der Waals surface area contributed by atoms with Gasteiger partial charge in [-0.1, -0.05) is 0 Å². The average molecular weight is 151 g/mol. The number of phenolic OH excluding ortho intramolecular Hbond substituents is 1. The molecule has 0 radical (unpaired) electrons. The Morgan fingerprint density at radius 1 is 1.55 bits per heavy atom. The zero-order chi connectivity index (χ0) is 8.43. The number of rotatable bonds is 0. The van der Waals surface area contributed by atoms with Crippen LogP contribution in [0, 0.1) is 24.1 Å². The van der Waals surface area contributed by atoms with Crippen LogP contribution in [0.25, 0.3) is 0 Å². The molecule has 1 aromatic carbocycles. The number of phenols is 1. The Morgan fingerprint density at radius 2 is 2.18 bits per heavy atom. The predicted molar refractivity (Wildman–Crippen MR) is 37.5 cm³/mol. The number of hydrogen-bond donors (Lipinski definition) is 1. The minimum Gasteiger partial charge on any atom is -0.505 e. The van der Waals surface area contributed by atoms with Crippen molar-refractivity contribution in [3.8, 4) is 11.8 Å². The highest BCUT2D eigenvalue weighted by molar-refractivity contribution is 5.40. The van der Waals surface area contributed by atoms with E-state index in [9.17, 15) is 4.39 Å². The number of aromatic hydroxyl groups is 1. The molecular weight excluding hydrogens is 145 g/mol. The smallest absolute Gasteiger partial charge is 0.167 e. The van der Waals surface area contributed by atoms with Crippen LogP contribution in [0.3, 0.4) is 0 Å². The number of halogens is 1. The summed E-state index contributed by atoms with van der Waals surface area (Å²) in [5, 5.41) is 17.3. The highest BCUT2D eigenvalue weighted by Gasteiger charge is 2.05. The van der Waals surface area contributed by atoms with Gasteiger partial charge in [0, 0.05) is 6.07 Å². The molecule has 0 aliphatic rings. The molecule has 0 spiro atoms. The van der Waals surface area contributed by atoms with Crippen molar-refractivity contribution in [3.05, 3.63) is 29.1 Å². The molecule has 0 atom stereocenters. The normalized spacial score (nSPS) is 9.18. The standard InChI is InChI=1S/C8H6FNO/c1-5-2-6(4-10)3-7(11)8(5)9/h2-3,11H,1H3. The number of nitriles is 1. The minimum atomic E-state index is -0.663. The van der Waals surface area contributed by atoms with Crippen LogP contribution in [-0.4, -0.2) is 5.11 Å². The molecule has 0 unspecified atom stereocenters. The van der Waals surface area contributed by atoms with E-state index in [1.165, 1.54) is 13.0 Å². The Kier molecular flexibility index (Phi) is 1.77. The molecule has 3 heteroatoms. The van der Waals surface area contributed by atoms with E-state index < -0.39 is 11.6 Å². The molecule has 56 valence electrons. The van der Waals surface area contributed by atoms with E-state index in [-0.39, 0.29) is 11.1 Å². The minimum absolute atomic E-state index is 0.265. The Labute approximate surface area is 63.5 Å². The summed E-state index contributed by atoms with van der Waals surface area (Å²) in [6.07, 6.45) is 0. The number of hydrogen-bond acceptors (Lipinski definition) is 2. The Morgan fingerprint density at radius 3 is 2.64 bits per heavy atom. The fraction of sp³-hybridized carbons (Fsp3) is 0.125. The van der Waals surface area contributed by atoms with Crippen LogP contribution in [0.1, 0.15) is 11.1 Å².